The molecular formula is C61H78N4. The van der Waals surface area contributed by atoms with Crippen LogP contribution in [0.4, 0.5) is 0 Å². The van der Waals surface area contributed by atoms with Gasteiger partial charge in [-0.1, -0.05) is 171 Å². The number of aromatic nitrogens is 3. The molecule has 0 amide bonds. The lowest BCUT2D eigenvalue weighted by molar-refractivity contribution is 0.500. The van der Waals surface area contributed by atoms with E-state index in [0.29, 0.717) is 12.0 Å². The van der Waals surface area contributed by atoms with E-state index >= 15 is 0 Å². The summed E-state index contributed by atoms with van der Waals surface area (Å²) in [6.45, 7) is 33.7. The van der Waals surface area contributed by atoms with Crippen LogP contribution >= 0.6 is 0 Å². The van der Waals surface area contributed by atoms with Crippen LogP contribution in [0.25, 0.3) is 34.1 Å². The van der Waals surface area contributed by atoms with Crippen molar-refractivity contribution < 1.29 is 0 Å². The van der Waals surface area contributed by atoms with Gasteiger partial charge in [-0.2, -0.15) is 0 Å². The maximum Gasteiger partial charge on any atom is 0.0542 e. The first kappa shape index (κ1) is 48.7. The van der Waals surface area contributed by atoms with Gasteiger partial charge in [-0.25, -0.2) is 0 Å². The van der Waals surface area contributed by atoms with Crippen molar-refractivity contribution in [1.29, 1.82) is 0 Å². The summed E-state index contributed by atoms with van der Waals surface area (Å²) >= 11 is 0. The van der Waals surface area contributed by atoms with Gasteiger partial charge in [-0.05, 0) is 144 Å². The summed E-state index contributed by atoms with van der Waals surface area (Å²) in [5.74, 6) is 0.575. The lowest BCUT2D eigenvalue weighted by Gasteiger charge is -2.27. The van der Waals surface area contributed by atoms with Gasteiger partial charge in [0, 0.05) is 53.5 Å². The second-order valence-corrected chi connectivity index (χ2v) is 23.1. The molecular weight excluding hydrogens is 789 g/mol. The van der Waals surface area contributed by atoms with E-state index in [2.05, 4.69) is 281 Å². The highest BCUT2D eigenvalue weighted by atomic mass is 14.9. The molecule has 5 aromatic heterocycles. The third-order valence-electron chi connectivity index (χ3n) is 12.6. The van der Waals surface area contributed by atoms with E-state index < -0.39 is 0 Å². The number of benzene rings is 2. The van der Waals surface area contributed by atoms with Crippen LogP contribution < -0.4 is 15.8 Å². The molecule has 65 heavy (non-hydrogen) atoms. The van der Waals surface area contributed by atoms with Gasteiger partial charge in [0.15, 0.2) is 0 Å². The second-order valence-electron chi connectivity index (χ2n) is 23.1. The van der Waals surface area contributed by atoms with Gasteiger partial charge in [-0.15, -0.1) is 0 Å². The van der Waals surface area contributed by atoms with E-state index in [4.69, 9.17) is 0 Å². The highest BCUT2D eigenvalue weighted by Crippen LogP contribution is 2.33. The van der Waals surface area contributed by atoms with Crippen LogP contribution in [0, 0.1) is 11.3 Å². The molecule has 10 rings (SSSR count). The van der Waals surface area contributed by atoms with E-state index in [1.165, 1.54) is 60.2 Å². The number of nitrogens with one attached hydrogen (secondary N) is 2. The molecule has 4 nitrogen and oxygen atoms in total. The minimum absolute atomic E-state index is 0.235. The van der Waals surface area contributed by atoms with E-state index in [1.807, 2.05) is 6.20 Å². The van der Waals surface area contributed by atoms with Gasteiger partial charge in [0.1, 0.15) is 0 Å². The molecule has 2 aromatic carbocycles. The van der Waals surface area contributed by atoms with Crippen LogP contribution in [0.3, 0.4) is 0 Å². The van der Waals surface area contributed by atoms with Gasteiger partial charge in [0.2, 0.25) is 0 Å². The third kappa shape index (κ3) is 13.0. The van der Waals surface area contributed by atoms with Crippen molar-refractivity contribution in [2.45, 2.75) is 138 Å². The number of H-pyrrole nitrogens is 1. The van der Waals surface area contributed by atoms with Gasteiger partial charge in [0.05, 0.1) is 6.04 Å². The van der Waals surface area contributed by atoms with Gasteiger partial charge in [0.25, 0.3) is 0 Å². The summed E-state index contributed by atoms with van der Waals surface area (Å²) in [7, 11) is 0. The minimum Gasteiger partial charge on any atom is -0.384 e. The Labute approximate surface area is 391 Å². The Morgan fingerprint density at radius 1 is 0.508 bits per heavy atom. The second kappa shape index (κ2) is 19.4. The number of fused-ring (bicyclic) bond motifs is 5. The molecule has 0 saturated heterocycles. The maximum atomic E-state index is 3.35. The quantitative estimate of drug-likeness (QED) is 0.157. The topological polar surface area (TPSA) is 36.6 Å². The van der Waals surface area contributed by atoms with Gasteiger partial charge >= 0.3 is 0 Å². The summed E-state index contributed by atoms with van der Waals surface area (Å²) in [6, 6.07) is 33.2. The molecule has 2 atom stereocenters. The zero-order chi connectivity index (χ0) is 47.4. The molecule has 342 valence electrons. The zero-order valence-corrected chi connectivity index (χ0v) is 42.3. The van der Waals surface area contributed by atoms with Crippen molar-refractivity contribution in [2.24, 2.45) is 11.3 Å². The number of nitrogens with zero attached hydrogens (tertiary/aromatic N) is 2. The first-order chi connectivity index (χ1) is 30.4. The molecule has 3 aliphatic rings. The van der Waals surface area contributed by atoms with Crippen molar-refractivity contribution in [1.82, 2.24) is 19.1 Å². The molecule has 0 radical (unpaired) electrons. The third-order valence-corrected chi connectivity index (χ3v) is 12.6. The first-order valence-corrected chi connectivity index (χ1v) is 23.7. The molecule has 0 bridgehead atoms. The van der Waals surface area contributed by atoms with Crippen LogP contribution in [0.2, 0.25) is 0 Å². The summed E-state index contributed by atoms with van der Waals surface area (Å²) in [4.78, 5) is 3.20. The Kier molecular flexibility index (Phi) is 14.5. The fourth-order valence-corrected chi connectivity index (χ4v) is 8.03. The Morgan fingerprint density at radius 3 is 1.78 bits per heavy atom. The van der Waals surface area contributed by atoms with Crippen molar-refractivity contribution in [3.8, 4) is 0 Å². The van der Waals surface area contributed by atoms with Crippen LogP contribution in [-0.2, 0) is 21.7 Å². The molecule has 0 spiro atoms. The number of allylic oxidation sites excluding steroid dienone is 2. The molecule has 4 heteroatoms. The van der Waals surface area contributed by atoms with E-state index in [0.717, 1.165) is 6.42 Å². The van der Waals surface area contributed by atoms with E-state index in [-0.39, 0.29) is 27.1 Å². The normalized spacial score (nSPS) is 16.5. The van der Waals surface area contributed by atoms with Crippen LogP contribution in [-0.4, -0.2) is 19.8 Å². The number of rotatable bonds is 0. The van der Waals surface area contributed by atoms with Crippen molar-refractivity contribution >= 4 is 34.1 Å². The van der Waals surface area contributed by atoms with Crippen LogP contribution in [0.5, 0.6) is 0 Å². The standard InChI is InChI=1S/C13H16.C12H15N.C12H17N.2C12H15N/c1-13(2,3)12-8-7-10-5-4-6-11(10)9-12;1-12(2,3)10-4-5-11-9(8-10)6-7-13-11;1-12(2,3)10-5-4-9-6-7-13-11(9)8-10;1-12(2,3)10-6-7-11-5-4-8-13(11)9-10;1-12(2,3)10-6-8-13-7-4-5-11(13)9-10/h5-9H,4H2,1-3H3;4-8,13H,1-3H3;4-9,11,13H,1-3H3;2*4-9H,1-3H3. The largest absolute Gasteiger partial charge is 0.384 e. The predicted octanol–water partition coefficient (Wildman–Crippen LogP) is 14.5. The number of aromatic amines is 1. The molecule has 2 N–H and O–H groups in total. The lowest BCUT2D eigenvalue weighted by Crippen LogP contribution is -2.27. The van der Waals surface area contributed by atoms with Gasteiger partial charge < -0.3 is 19.1 Å². The molecule has 6 heterocycles. The van der Waals surface area contributed by atoms with Crippen LogP contribution in [0.1, 0.15) is 133 Å². The minimum atomic E-state index is 0.235. The SMILES string of the molecule is CC(C)(C)C1=CC2NC=CC2C=C1.CC(C)(C)c1ccc2[nH]ccc2c1.CC(C)(C)c1ccc2c(c1)=CCC=2.CC(C)(C)c1ccc2cccn2c1.CC(C)(C)c1ccn2cccc2c1. The fourth-order valence-electron chi connectivity index (χ4n) is 8.03. The molecule has 2 unspecified atom stereocenters. The summed E-state index contributed by atoms with van der Waals surface area (Å²) < 4.78 is 4.30. The van der Waals surface area contributed by atoms with Crippen molar-refractivity contribution in [2.75, 3.05) is 0 Å². The van der Waals surface area contributed by atoms with Crippen molar-refractivity contribution in [3.63, 3.8) is 0 Å². The highest BCUT2D eigenvalue weighted by Gasteiger charge is 2.25. The zero-order valence-electron chi connectivity index (χ0n) is 42.3. The Bertz CT molecular complexity index is 2700. The number of hydrogen-bond donors (Lipinski definition) is 2. The predicted molar refractivity (Wildman–Crippen MR) is 283 cm³/mol. The summed E-state index contributed by atoms with van der Waals surface area (Å²) in [5, 5.41) is 7.46. The first-order valence-electron chi connectivity index (χ1n) is 23.7. The van der Waals surface area contributed by atoms with Gasteiger partial charge in [-0.3, -0.25) is 0 Å². The molecule has 2 aliphatic carbocycles. The Morgan fingerprint density at radius 2 is 1.11 bits per heavy atom. The van der Waals surface area contributed by atoms with Crippen LogP contribution in [0.15, 0.2) is 158 Å². The maximum absolute atomic E-state index is 3.35. The molecule has 1 aliphatic heterocycles. The molecule has 0 fully saturated rings. The number of hydrogen-bond acceptors (Lipinski definition) is 1. The lowest BCUT2D eigenvalue weighted by atomic mass is 9.80. The Hall–Kier alpha value is -5.74. The number of pyridine rings is 2. The Balaban J connectivity index is 0.000000135. The fraction of sp³-hybridized carbons (Fsp3) is 0.377. The summed E-state index contributed by atoms with van der Waals surface area (Å²) in [6.07, 6.45) is 27.3. The monoisotopic (exact) mass is 867 g/mol. The smallest absolute Gasteiger partial charge is 0.0542 e. The van der Waals surface area contributed by atoms with Crippen molar-refractivity contribution in [3.05, 3.63) is 191 Å². The average molecular weight is 867 g/mol. The van der Waals surface area contributed by atoms with E-state index in [9.17, 15) is 0 Å². The molecule has 7 aromatic rings. The summed E-state index contributed by atoms with van der Waals surface area (Å²) in [5.41, 5.74) is 12.0. The average Bonchev–Trinajstić information content (AvgIpc) is 4.09. The van der Waals surface area contributed by atoms with E-state index in [1.54, 1.807) is 0 Å². The highest BCUT2D eigenvalue weighted by molar-refractivity contribution is 5.80. The molecule has 0 saturated carbocycles.